The molecular weight excluding hydrogens is 367 g/mol. The van der Waals surface area contributed by atoms with E-state index >= 15 is 4.39 Å². The number of hydrogen-bond acceptors (Lipinski definition) is 6. The molecule has 0 radical (unpaired) electrons. The van der Waals surface area contributed by atoms with Crippen molar-refractivity contribution in [2.75, 3.05) is 6.61 Å². The number of hydrogen-bond donors (Lipinski definition) is 4. The van der Waals surface area contributed by atoms with Crippen molar-refractivity contribution < 1.29 is 34.4 Å². The Morgan fingerprint density at radius 2 is 1.86 bits per heavy atom. The predicted molar refractivity (Wildman–Crippen MR) is 96.8 cm³/mol. The van der Waals surface area contributed by atoms with Gasteiger partial charge < -0.3 is 20.4 Å². The normalized spacial score (nSPS) is 53.2. The Morgan fingerprint density at radius 3 is 2.50 bits per heavy atom. The number of carbonyl (C=O) groups excluding carboxylic acids is 2. The second-order valence-electron chi connectivity index (χ2n) is 9.43. The molecule has 6 nitrogen and oxygen atoms in total. The second kappa shape index (κ2) is 5.81. The van der Waals surface area contributed by atoms with E-state index in [-0.39, 0.29) is 18.6 Å². The number of carbonyl (C=O) groups is 2. The Balaban J connectivity index is 1.83. The number of Topliss-reactive ketones (excluding diaryl/α,β-unsaturated/α-hetero) is 1. The van der Waals surface area contributed by atoms with E-state index in [1.165, 1.54) is 18.2 Å². The van der Waals surface area contributed by atoms with Crippen LogP contribution < -0.4 is 0 Å². The number of fused-ring (bicyclic) bond motifs is 5. The Morgan fingerprint density at radius 1 is 1.18 bits per heavy atom. The van der Waals surface area contributed by atoms with E-state index in [0.29, 0.717) is 18.4 Å². The van der Waals surface area contributed by atoms with E-state index in [4.69, 9.17) is 0 Å². The molecule has 8 atom stereocenters. The predicted octanol–water partition coefficient (Wildman–Crippen LogP) is 0.621. The van der Waals surface area contributed by atoms with Crippen molar-refractivity contribution >= 4 is 11.6 Å². The highest BCUT2D eigenvalue weighted by Crippen LogP contribution is 2.66. The van der Waals surface area contributed by atoms with Gasteiger partial charge in [-0.25, -0.2) is 4.39 Å². The summed E-state index contributed by atoms with van der Waals surface area (Å²) in [5.74, 6) is -2.28. The molecular formula is C21H27FO6. The Labute approximate surface area is 162 Å². The Hall–Kier alpha value is -1.41. The van der Waals surface area contributed by atoms with Crippen LogP contribution in [0.3, 0.4) is 0 Å². The summed E-state index contributed by atoms with van der Waals surface area (Å²) in [4.78, 5) is 24.9. The van der Waals surface area contributed by atoms with Gasteiger partial charge in [-0.2, -0.15) is 0 Å². The fraction of sp³-hybridized carbons (Fsp3) is 0.714. The van der Waals surface area contributed by atoms with Crippen molar-refractivity contribution in [3.63, 3.8) is 0 Å². The number of ketones is 2. The smallest absolute Gasteiger partial charge is 0.178 e. The lowest BCUT2D eigenvalue weighted by atomic mass is 9.42. The lowest BCUT2D eigenvalue weighted by Crippen LogP contribution is -2.73. The zero-order valence-corrected chi connectivity index (χ0v) is 16.1. The van der Waals surface area contributed by atoms with E-state index < -0.39 is 58.5 Å². The molecule has 3 fully saturated rings. The minimum absolute atomic E-state index is 0.0415. The van der Waals surface area contributed by atoms with Crippen LogP contribution in [0.1, 0.15) is 39.5 Å². The fourth-order valence-electron chi connectivity index (χ4n) is 6.51. The monoisotopic (exact) mass is 394 g/mol. The van der Waals surface area contributed by atoms with Gasteiger partial charge in [0.05, 0.1) is 18.8 Å². The van der Waals surface area contributed by atoms with Crippen LogP contribution in [0.15, 0.2) is 23.8 Å². The van der Waals surface area contributed by atoms with Gasteiger partial charge >= 0.3 is 0 Å². The summed E-state index contributed by atoms with van der Waals surface area (Å²) in [7, 11) is 0. The van der Waals surface area contributed by atoms with Gasteiger partial charge in [-0.05, 0) is 50.7 Å². The van der Waals surface area contributed by atoms with Crippen molar-refractivity contribution in [2.45, 2.75) is 63.0 Å². The van der Waals surface area contributed by atoms with Crippen LogP contribution in [0, 0.1) is 22.7 Å². The molecule has 0 aromatic heterocycles. The highest BCUT2D eigenvalue weighted by atomic mass is 19.1. The van der Waals surface area contributed by atoms with Crippen LogP contribution in [0.25, 0.3) is 0 Å². The van der Waals surface area contributed by atoms with Crippen LogP contribution in [-0.2, 0) is 9.59 Å². The van der Waals surface area contributed by atoms with E-state index in [9.17, 15) is 30.0 Å². The third kappa shape index (κ3) is 2.11. The van der Waals surface area contributed by atoms with Crippen molar-refractivity contribution in [2.24, 2.45) is 22.7 Å². The highest BCUT2D eigenvalue weighted by molar-refractivity contribution is 6.01. The molecule has 0 unspecified atom stereocenters. The van der Waals surface area contributed by atoms with Gasteiger partial charge in [0.15, 0.2) is 22.8 Å². The van der Waals surface area contributed by atoms with E-state index in [1.54, 1.807) is 13.8 Å². The maximum atomic E-state index is 16.8. The zero-order chi connectivity index (χ0) is 20.7. The van der Waals surface area contributed by atoms with E-state index in [0.717, 1.165) is 0 Å². The van der Waals surface area contributed by atoms with Gasteiger partial charge in [0.1, 0.15) is 0 Å². The first-order valence-corrected chi connectivity index (χ1v) is 9.82. The summed E-state index contributed by atoms with van der Waals surface area (Å²) in [6, 6.07) is 0. The number of aliphatic hydroxyl groups excluding tert-OH is 3. The van der Waals surface area contributed by atoms with Gasteiger partial charge in [0, 0.05) is 16.7 Å². The fourth-order valence-corrected chi connectivity index (χ4v) is 6.51. The molecule has 0 heterocycles. The summed E-state index contributed by atoms with van der Waals surface area (Å²) >= 11 is 0. The minimum atomic E-state index is -2.30. The molecule has 3 saturated carbocycles. The molecule has 0 bridgehead atoms. The molecule has 4 aliphatic rings. The minimum Gasteiger partial charge on any atom is -0.393 e. The highest BCUT2D eigenvalue weighted by Gasteiger charge is 2.72. The van der Waals surface area contributed by atoms with Crippen molar-refractivity contribution in [1.29, 1.82) is 0 Å². The third-order valence-electron chi connectivity index (χ3n) is 8.21. The standard InChI is InChI=1S/C21H27FO6/c1-18-9-16(26)21(22)13(4-3-11-7-12(24)5-6-19(11,21)2)14(18)8-15(25)20(28,10-23)17(18)27/h5-7,13-16,23,25-26,28H,3-4,8-10H2,1-2H3/t13-,14-,15+,16-,18-,19-,20+,21-/m0/s1. The molecule has 0 aromatic carbocycles. The first-order valence-electron chi connectivity index (χ1n) is 9.82. The number of alkyl halides is 1. The van der Waals surface area contributed by atoms with Crippen LogP contribution in [0.2, 0.25) is 0 Å². The molecule has 0 amide bonds. The van der Waals surface area contributed by atoms with Gasteiger partial charge in [-0.1, -0.05) is 18.6 Å². The molecule has 7 heteroatoms. The van der Waals surface area contributed by atoms with Crippen LogP contribution in [-0.4, -0.2) is 62.1 Å². The zero-order valence-electron chi connectivity index (χ0n) is 16.1. The van der Waals surface area contributed by atoms with Crippen LogP contribution >= 0.6 is 0 Å². The van der Waals surface area contributed by atoms with E-state index in [2.05, 4.69) is 0 Å². The van der Waals surface area contributed by atoms with Crippen molar-refractivity contribution in [3.05, 3.63) is 23.8 Å². The maximum Gasteiger partial charge on any atom is 0.178 e. The molecule has 4 rings (SSSR count). The third-order valence-corrected chi connectivity index (χ3v) is 8.21. The lowest BCUT2D eigenvalue weighted by molar-refractivity contribution is -0.234. The summed E-state index contributed by atoms with van der Waals surface area (Å²) in [6.07, 6.45) is 1.80. The van der Waals surface area contributed by atoms with Crippen molar-refractivity contribution in [1.82, 2.24) is 0 Å². The summed E-state index contributed by atoms with van der Waals surface area (Å²) < 4.78 is 16.8. The second-order valence-corrected chi connectivity index (χ2v) is 9.43. The first kappa shape index (κ1) is 19.9. The summed E-state index contributed by atoms with van der Waals surface area (Å²) in [5, 5.41) is 41.5. The number of aliphatic hydroxyl groups is 4. The quantitative estimate of drug-likeness (QED) is 0.518. The summed E-state index contributed by atoms with van der Waals surface area (Å²) in [5.41, 5.74) is -6.21. The Kier molecular flexibility index (Phi) is 4.13. The van der Waals surface area contributed by atoms with Gasteiger partial charge in [0.2, 0.25) is 0 Å². The lowest BCUT2D eigenvalue weighted by Gasteiger charge is -2.64. The Bertz CT molecular complexity index is 807. The number of rotatable bonds is 1. The molecule has 4 aliphatic carbocycles. The van der Waals surface area contributed by atoms with Gasteiger partial charge in [0.25, 0.3) is 0 Å². The average molecular weight is 394 g/mol. The van der Waals surface area contributed by atoms with E-state index in [1.807, 2.05) is 0 Å². The number of halogens is 1. The van der Waals surface area contributed by atoms with Gasteiger partial charge in [-0.3, -0.25) is 9.59 Å². The molecule has 0 aliphatic heterocycles. The molecule has 4 N–H and O–H groups in total. The van der Waals surface area contributed by atoms with Gasteiger partial charge in [-0.15, -0.1) is 0 Å². The molecule has 0 aromatic rings. The molecule has 154 valence electrons. The van der Waals surface area contributed by atoms with Crippen molar-refractivity contribution in [3.8, 4) is 0 Å². The molecule has 0 spiro atoms. The largest absolute Gasteiger partial charge is 0.393 e. The average Bonchev–Trinajstić information content (AvgIpc) is 2.65. The van der Waals surface area contributed by atoms with Crippen LogP contribution in [0.5, 0.6) is 0 Å². The molecule has 28 heavy (non-hydrogen) atoms. The van der Waals surface area contributed by atoms with Crippen LogP contribution in [0.4, 0.5) is 4.39 Å². The topological polar surface area (TPSA) is 115 Å². The molecule has 0 saturated heterocycles. The first-order chi connectivity index (χ1) is 12.9. The maximum absolute atomic E-state index is 16.8. The number of allylic oxidation sites excluding steroid dienone is 4. The SMILES string of the molecule is C[C@]12C=CC(=O)C=C1CC[C@H]1[C@@H]3C[C@@H](O)[C@](O)(CO)C(=O)[C@@]3(C)C[C@H](O)[C@@]12F. The summed E-state index contributed by atoms with van der Waals surface area (Å²) in [6.45, 7) is 2.33.